The first-order chi connectivity index (χ1) is 9.90. The summed E-state index contributed by atoms with van der Waals surface area (Å²) in [6.45, 7) is 2.84. The number of ether oxygens (including phenoxy) is 1. The van der Waals surface area contributed by atoms with E-state index in [9.17, 15) is 0 Å². The third kappa shape index (κ3) is 4.60. The zero-order valence-electron chi connectivity index (χ0n) is 12.4. The van der Waals surface area contributed by atoms with E-state index in [1.54, 1.807) is 0 Å². The lowest BCUT2D eigenvalue weighted by atomic mass is 10.1. The summed E-state index contributed by atoms with van der Waals surface area (Å²) < 4.78 is 5.85. The van der Waals surface area contributed by atoms with Gasteiger partial charge in [-0.05, 0) is 55.7 Å². The SMILES string of the molecule is c1cc(COCC2CCCC2)ccc1CCNC1CC1. The Kier molecular flexibility index (Phi) is 5.10. The van der Waals surface area contributed by atoms with Crippen molar-refractivity contribution in [3.05, 3.63) is 35.4 Å². The van der Waals surface area contributed by atoms with E-state index in [1.165, 1.54) is 49.7 Å². The van der Waals surface area contributed by atoms with Crippen molar-refractivity contribution in [3.63, 3.8) is 0 Å². The Hall–Kier alpha value is -0.860. The van der Waals surface area contributed by atoms with Gasteiger partial charge < -0.3 is 10.1 Å². The zero-order chi connectivity index (χ0) is 13.6. The van der Waals surface area contributed by atoms with Crippen LogP contribution in [0.25, 0.3) is 0 Å². The van der Waals surface area contributed by atoms with Crippen LogP contribution in [0.5, 0.6) is 0 Å². The minimum absolute atomic E-state index is 0.775. The van der Waals surface area contributed by atoms with Gasteiger partial charge in [-0.3, -0.25) is 0 Å². The van der Waals surface area contributed by atoms with E-state index in [-0.39, 0.29) is 0 Å². The van der Waals surface area contributed by atoms with E-state index >= 15 is 0 Å². The number of rotatable bonds is 8. The van der Waals surface area contributed by atoms with Gasteiger partial charge in [-0.2, -0.15) is 0 Å². The molecule has 2 aliphatic rings. The molecule has 1 N–H and O–H groups in total. The maximum Gasteiger partial charge on any atom is 0.0717 e. The average molecular weight is 273 g/mol. The molecule has 1 aromatic rings. The molecule has 20 heavy (non-hydrogen) atoms. The monoisotopic (exact) mass is 273 g/mol. The lowest BCUT2D eigenvalue weighted by molar-refractivity contribution is 0.0889. The summed E-state index contributed by atoms with van der Waals surface area (Å²) in [4.78, 5) is 0. The third-order valence-electron chi connectivity index (χ3n) is 4.54. The summed E-state index contributed by atoms with van der Waals surface area (Å²) in [5, 5.41) is 3.56. The molecule has 0 unspecified atom stereocenters. The topological polar surface area (TPSA) is 21.3 Å². The van der Waals surface area contributed by atoms with Crippen LogP contribution in [0.15, 0.2) is 24.3 Å². The van der Waals surface area contributed by atoms with Gasteiger partial charge in [-0.1, -0.05) is 37.1 Å². The predicted octanol–water partition coefficient (Wildman–Crippen LogP) is 3.69. The van der Waals surface area contributed by atoms with E-state index in [0.717, 1.165) is 38.1 Å². The number of hydrogen-bond donors (Lipinski definition) is 1. The zero-order valence-corrected chi connectivity index (χ0v) is 12.4. The normalized spacial score (nSPS) is 19.6. The largest absolute Gasteiger partial charge is 0.376 e. The van der Waals surface area contributed by atoms with Crippen LogP contribution in [0.2, 0.25) is 0 Å². The molecule has 2 fully saturated rings. The Bertz CT molecular complexity index is 390. The van der Waals surface area contributed by atoms with E-state index < -0.39 is 0 Å². The summed E-state index contributed by atoms with van der Waals surface area (Å²) in [6.07, 6.45) is 9.42. The van der Waals surface area contributed by atoms with E-state index in [2.05, 4.69) is 29.6 Å². The predicted molar refractivity (Wildman–Crippen MR) is 82.8 cm³/mol. The summed E-state index contributed by atoms with van der Waals surface area (Å²) >= 11 is 0. The van der Waals surface area contributed by atoms with Crippen LogP contribution >= 0.6 is 0 Å². The molecule has 0 spiro atoms. The minimum atomic E-state index is 0.775. The second-order valence-corrected chi connectivity index (χ2v) is 6.46. The van der Waals surface area contributed by atoms with Crippen molar-refractivity contribution in [1.82, 2.24) is 5.32 Å². The van der Waals surface area contributed by atoms with Gasteiger partial charge in [0.05, 0.1) is 6.61 Å². The molecule has 0 amide bonds. The fourth-order valence-corrected chi connectivity index (χ4v) is 3.03. The second kappa shape index (κ2) is 7.24. The molecule has 0 heterocycles. The number of benzene rings is 1. The molecule has 3 rings (SSSR count). The second-order valence-electron chi connectivity index (χ2n) is 6.46. The van der Waals surface area contributed by atoms with Crippen LogP contribution in [0, 0.1) is 5.92 Å². The molecular formula is C18H27NO. The van der Waals surface area contributed by atoms with Crippen molar-refractivity contribution in [1.29, 1.82) is 0 Å². The van der Waals surface area contributed by atoms with Crippen LogP contribution in [0.1, 0.15) is 49.7 Å². The molecule has 110 valence electrons. The summed E-state index contributed by atoms with van der Waals surface area (Å²) in [5.41, 5.74) is 2.74. The molecule has 1 aromatic carbocycles. The Balaban J connectivity index is 1.34. The minimum Gasteiger partial charge on any atom is -0.376 e. The first kappa shape index (κ1) is 14.1. The van der Waals surface area contributed by atoms with Crippen LogP contribution in [-0.4, -0.2) is 19.2 Å². The molecule has 2 aliphatic carbocycles. The Labute approximate surface area is 122 Å². The van der Waals surface area contributed by atoms with Gasteiger partial charge in [0.2, 0.25) is 0 Å². The lowest BCUT2D eigenvalue weighted by Crippen LogP contribution is -2.19. The standard InChI is InChI=1S/C18H27NO/c1-2-4-16(3-1)13-20-14-17-7-5-15(6-8-17)11-12-19-18-9-10-18/h5-8,16,18-19H,1-4,9-14H2. The maximum absolute atomic E-state index is 5.85. The van der Waals surface area contributed by atoms with Crippen molar-refractivity contribution >= 4 is 0 Å². The van der Waals surface area contributed by atoms with Crippen molar-refractivity contribution < 1.29 is 4.74 Å². The van der Waals surface area contributed by atoms with E-state index in [4.69, 9.17) is 4.74 Å². The molecule has 0 saturated heterocycles. The van der Waals surface area contributed by atoms with Crippen molar-refractivity contribution in [2.45, 2.75) is 57.6 Å². The molecule has 2 heteroatoms. The lowest BCUT2D eigenvalue weighted by Gasteiger charge is -2.10. The van der Waals surface area contributed by atoms with Crippen molar-refractivity contribution in [2.24, 2.45) is 5.92 Å². The van der Waals surface area contributed by atoms with Gasteiger partial charge in [0.1, 0.15) is 0 Å². The van der Waals surface area contributed by atoms with Crippen LogP contribution < -0.4 is 5.32 Å². The van der Waals surface area contributed by atoms with Crippen molar-refractivity contribution in [2.75, 3.05) is 13.2 Å². The maximum atomic E-state index is 5.85. The smallest absolute Gasteiger partial charge is 0.0717 e. The Morgan fingerprint density at radius 3 is 2.35 bits per heavy atom. The fourth-order valence-electron chi connectivity index (χ4n) is 3.03. The summed E-state index contributed by atoms with van der Waals surface area (Å²) in [7, 11) is 0. The van der Waals surface area contributed by atoms with Crippen LogP contribution in [0.4, 0.5) is 0 Å². The first-order valence-corrected chi connectivity index (χ1v) is 8.29. The highest BCUT2D eigenvalue weighted by Gasteiger charge is 2.19. The molecule has 0 radical (unpaired) electrons. The van der Waals surface area contributed by atoms with E-state index in [1.807, 2.05) is 0 Å². The van der Waals surface area contributed by atoms with Crippen LogP contribution in [-0.2, 0) is 17.8 Å². The van der Waals surface area contributed by atoms with E-state index in [0.29, 0.717) is 0 Å². The quantitative estimate of drug-likeness (QED) is 0.780. The Morgan fingerprint density at radius 1 is 0.950 bits per heavy atom. The molecule has 2 nitrogen and oxygen atoms in total. The highest BCUT2D eigenvalue weighted by molar-refractivity contribution is 5.22. The van der Waals surface area contributed by atoms with Gasteiger partial charge in [-0.25, -0.2) is 0 Å². The number of hydrogen-bond acceptors (Lipinski definition) is 2. The average Bonchev–Trinajstić information content (AvgIpc) is 3.15. The van der Waals surface area contributed by atoms with Gasteiger partial charge >= 0.3 is 0 Å². The molecule has 0 atom stereocenters. The Morgan fingerprint density at radius 2 is 1.65 bits per heavy atom. The van der Waals surface area contributed by atoms with Gasteiger partial charge in [0.25, 0.3) is 0 Å². The molecular weight excluding hydrogens is 246 g/mol. The van der Waals surface area contributed by atoms with Gasteiger partial charge in [0, 0.05) is 12.6 Å². The molecule has 0 aromatic heterocycles. The fraction of sp³-hybridized carbons (Fsp3) is 0.667. The number of nitrogens with one attached hydrogen (secondary N) is 1. The van der Waals surface area contributed by atoms with Gasteiger partial charge in [0.15, 0.2) is 0 Å². The molecule has 0 aliphatic heterocycles. The van der Waals surface area contributed by atoms with Crippen molar-refractivity contribution in [3.8, 4) is 0 Å². The molecule has 2 saturated carbocycles. The summed E-state index contributed by atoms with van der Waals surface area (Å²) in [5.74, 6) is 0.822. The molecule has 0 bridgehead atoms. The first-order valence-electron chi connectivity index (χ1n) is 8.29. The third-order valence-corrected chi connectivity index (χ3v) is 4.54. The van der Waals surface area contributed by atoms with Gasteiger partial charge in [-0.15, -0.1) is 0 Å². The highest BCUT2D eigenvalue weighted by Crippen LogP contribution is 2.25. The highest BCUT2D eigenvalue weighted by atomic mass is 16.5. The summed E-state index contributed by atoms with van der Waals surface area (Å²) in [6, 6.07) is 9.77. The van der Waals surface area contributed by atoms with Crippen LogP contribution in [0.3, 0.4) is 0 Å².